The lowest BCUT2D eigenvalue weighted by molar-refractivity contribution is 1.04. The smallest absolute Gasteiger partial charge is 0.0234 e. The van der Waals surface area contributed by atoms with E-state index >= 15 is 0 Å². The van der Waals surface area contributed by atoms with Gasteiger partial charge in [0.05, 0.1) is 0 Å². The monoisotopic (exact) mass is 126 g/mol. The van der Waals surface area contributed by atoms with Crippen molar-refractivity contribution in [1.29, 1.82) is 0 Å². The highest BCUT2D eigenvalue weighted by molar-refractivity contribution is 7.81. The maximum Gasteiger partial charge on any atom is 0.0234 e. The van der Waals surface area contributed by atoms with Crippen molar-refractivity contribution in [3.05, 3.63) is 23.8 Å². The molecule has 1 unspecified atom stereocenters. The molecule has 0 fully saturated rings. The van der Waals surface area contributed by atoms with Gasteiger partial charge in [-0.25, -0.2) is 0 Å². The molecule has 0 aliphatic heterocycles. The quantitative estimate of drug-likeness (QED) is 0.473. The molecule has 1 atom stereocenters. The average molecular weight is 126 g/mol. The van der Waals surface area contributed by atoms with Crippen molar-refractivity contribution in [1.82, 2.24) is 0 Å². The van der Waals surface area contributed by atoms with Gasteiger partial charge in [0.1, 0.15) is 0 Å². The second-order valence-corrected chi connectivity index (χ2v) is 2.77. The van der Waals surface area contributed by atoms with Gasteiger partial charge < -0.3 is 0 Å². The lowest BCUT2D eigenvalue weighted by Gasteiger charge is -2.06. The van der Waals surface area contributed by atoms with Crippen molar-refractivity contribution >= 4 is 12.6 Å². The Morgan fingerprint density at radius 1 is 1.75 bits per heavy atom. The highest BCUT2D eigenvalue weighted by Crippen LogP contribution is 2.13. The number of hydrogen-bond donors (Lipinski definition) is 1. The van der Waals surface area contributed by atoms with Gasteiger partial charge in [0.15, 0.2) is 0 Å². The standard InChI is InChI=1S/C7H10S/c1-6-2-4-7(8)5-3-6/h2-4,7-8H,5H2,1H3. The zero-order valence-corrected chi connectivity index (χ0v) is 5.86. The van der Waals surface area contributed by atoms with Crippen LogP contribution >= 0.6 is 12.6 Å². The summed E-state index contributed by atoms with van der Waals surface area (Å²) in [7, 11) is 0. The minimum Gasteiger partial charge on any atom is -0.171 e. The molecule has 0 saturated heterocycles. The molecule has 0 spiro atoms. The summed E-state index contributed by atoms with van der Waals surface area (Å²) in [5.41, 5.74) is 1.36. The minimum atomic E-state index is 0.457. The zero-order chi connectivity index (χ0) is 5.98. The van der Waals surface area contributed by atoms with Crippen molar-refractivity contribution in [2.45, 2.75) is 18.6 Å². The molecule has 0 aromatic rings. The number of allylic oxidation sites excluding steroid dienone is 3. The van der Waals surface area contributed by atoms with Gasteiger partial charge in [0.2, 0.25) is 0 Å². The van der Waals surface area contributed by atoms with Crippen molar-refractivity contribution in [2.75, 3.05) is 0 Å². The molecule has 8 heavy (non-hydrogen) atoms. The van der Waals surface area contributed by atoms with Crippen LogP contribution in [0.3, 0.4) is 0 Å². The Bertz CT molecular complexity index is 133. The number of hydrogen-bond acceptors (Lipinski definition) is 1. The van der Waals surface area contributed by atoms with E-state index in [1.807, 2.05) is 0 Å². The topological polar surface area (TPSA) is 0 Å². The molecule has 0 bridgehead atoms. The lowest BCUT2D eigenvalue weighted by Crippen LogP contribution is -1.94. The van der Waals surface area contributed by atoms with E-state index in [1.54, 1.807) is 0 Å². The Hall–Kier alpha value is -0.170. The second kappa shape index (κ2) is 2.40. The van der Waals surface area contributed by atoms with Crippen LogP contribution in [0.4, 0.5) is 0 Å². The summed E-state index contributed by atoms with van der Waals surface area (Å²) in [6, 6.07) is 0. The Morgan fingerprint density at radius 2 is 2.50 bits per heavy atom. The Labute approximate surface area is 55.7 Å². The summed E-state index contributed by atoms with van der Waals surface area (Å²) in [6.45, 7) is 2.11. The molecule has 1 rings (SSSR count). The molecule has 0 radical (unpaired) electrons. The summed E-state index contributed by atoms with van der Waals surface area (Å²) in [5.74, 6) is 0. The summed E-state index contributed by atoms with van der Waals surface area (Å²) >= 11 is 4.27. The first-order valence-corrected chi connectivity index (χ1v) is 3.34. The van der Waals surface area contributed by atoms with Crippen LogP contribution in [0.25, 0.3) is 0 Å². The molecular weight excluding hydrogens is 116 g/mol. The maximum absolute atomic E-state index is 4.27. The number of rotatable bonds is 0. The van der Waals surface area contributed by atoms with Crippen LogP contribution in [0, 0.1) is 0 Å². The van der Waals surface area contributed by atoms with E-state index in [-0.39, 0.29) is 0 Å². The van der Waals surface area contributed by atoms with E-state index in [1.165, 1.54) is 5.57 Å². The SMILES string of the molecule is CC1=CCC(S)C=C1. The molecule has 44 valence electrons. The van der Waals surface area contributed by atoms with Gasteiger partial charge in [0.25, 0.3) is 0 Å². The third kappa shape index (κ3) is 1.41. The summed E-state index contributed by atoms with van der Waals surface area (Å²) < 4.78 is 0. The fraction of sp³-hybridized carbons (Fsp3) is 0.429. The number of thiol groups is 1. The molecule has 1 aliphatic rings. The molecule has 0 aromatic carbocycles. The highest BCUT2D eigenvalue weighted by atomic mass is 32.1. The van der Waals surface area contributed by atoms with E-state index in [4.69, 9.17) is 0 Å². The van der Waals surface area contributed by atoms with Crippen LogP contribution in [0.1, 0.15) is 13.3 Å². The first kappa shape index (κ1) is 5.96. The Kier molecular flexibility index (Phi) is 1.79. The first-order chi connectivity index (χ1) is 3.79. The molecule has 0 aromatic heterocycles. The third-order valence-corrected chi connectivity index (χ3v) is 1.65. The van der Waals surface area contributed by atoms with Gasteiger partial charge in [-0.3, -0.25) is 0 Å². The van der Waals surface area contributed by atoms with Gasteiger partial charge in [-0.05, 0) is 13.3 Å². The van der Waals surface area contributed by atoms with Gasteiger partial charge >= 0.3 is 0 Å². The van der Waals surface area contributed by atoms with Gasteiger partial charge in [-0.15, -0.1) is 0 Å². The van der Waals surface area contributed by atoms with E-state index in [0.29, 0.717) is 5.25 Å². The van der Waals surface area contributed by atoms with E-state index in [9.17, 15) is 0 Å². The largest absolute Gasteiger partial charge is 0.171 e. The van der Waals surface area contributed by atoms with Crippen LogP contribution in [0.15, 0.2) is 23.8 Å². The Balaban J connectivity index is 2.58. The molecule has 0 saturated carbocycles. The fourth-order valence-electron chi connectivity index (χ4n) is 0.716. The Morgan fingerprint density at radius 3 is 2.88 bits per heavy atom. The van der Waals surface area contributed by atoms with E-state index < -0.39 is 0 Å². The van der Waals surface area contributed by atoms with Crippen LogP contribution in [-0.2, 0) is 0 Å². The summed E-state index contributed by atoms with van der Waals surface area (Å²) in [6.07, 6.45) is 7.53. The second-order valence-electron chi connectivity index (χ2n) is 2.11. The van der Waals surface area contributed by atoms with Crippen molar-refractivity contribution in [3.8, 4) is 0 Å². The lowest BCUT2D eigenvalue weighted by atomic mass is 10.1. The van der Waals surface area contributed by atoms with Crippen LogP contribution in [-0.4, -0.2) is 5.25 Å². The van der Waals surface area contributed by atoms with Crippen LogP contribution in [0.5, 0.6) is 0 Å². The molecule has 0 heterocycles. The average Bonchev–Trinajstić information content (AvgIpc) is 1.77. The molecule has 0 N–H and O–H groups in total. The molecule has 1 heteroatoms. The molecule has 1 aliphatic carbocycles. The predicted molar refractivity (Wildman–Crippen MR) is 40.3 cm³/mol. The van der Waals surface area contributed by atoms with Crippen molar-refractivity contribution in [3.63, 3.8) is 0 Å². The molecule has 0 nitrogen and oxygen atoms in total. The summed E-state index contributed by atoms with van der Waals surface area (Å²) in [4.78, 5) is 0. The van der Waals surface area contributed by atoms with Crippen molar-refractivity contribution < 1.29 is 0 Å². The third-order valence-electron chi connectivity index (χ3n) is 1.26. The van der Waals surface area contributed by atoms with Crippen LogP contribution in [0.2, 0.25) is 0 Å². The predicted octanol–water partition coefficient (Wildman–Crippen LogP) is 2.19. The van der Waals surface area contributed by atoms with Crippen LogP contribution < -0.4 is 0 Å². The summed E-state index contributed by atoms with van der Waals surface area (Å²) in [5, 5.41) is 0.457. The van der Waals surface area contributed by atoms with E-state index in [2.05, 4.69) is 37.8 Å². The maximum atomic E-state index is 4.27. The van der Waals surface area contributed by atoms with Gasteiger partial charge in [-0.2, -0.15) is 12.6 Å². The zero-order valence-electron chi connectivity index (χ0n) is 4.96. The molecular formula is C7H10S. The normalized spacial score (nSPS) is 27.8. The minimum absolute atomic E-state index is 0.457. The van der Waals surface area contributed by atoms with Crippen molar-refractivity contribution in [2.24, 2.45) is 0 Å². The highest BCUT2D eigenvalue weighted by Gasteiger charge is 1.98. The first-order valence-electron chi connectivity index (χ1n) is 2.82. The van der Waals surface area contributed by atoms with Gasteiger partial charge in [0, 0.05) is 5.25 Å². The molecule has 0 amide bonds. The van der Waals surface area contributed by atoms with Gasteiger partial charge in [-0.1, -0.05) is 23.8 Å². The van der Waals surface area contributed by atoms with E-state index in [0.717, 1.165) is 6.42 Å². The fourth-order valence-corrected chi connectivity index (χ4v) is 0.908.